The van der Waals surface area contributed by atoms with E-state index in [4.69, 9.17) is 5.73 Å². The minimum Gasteiger partial charge on any atom is -0.325 e. The molecule has 1 saturated carbocycles. The van der Waals surface area contributed by atoms with Gasteiger partial charge in [-0.3, -0.25) is 0 Å². The van der Waals surface area contributed by atoms with Crippen molar-refractivity contribution in [3.05, 3.63) is 35.4 Å². The molecule has 0 radical (unpaired) electrons. The van der Waals surface area contributed by atoms with Crippen LogP contribution in [0.5, 0.6) is 0 Å². The highest BCUT2D eigenvalue weighted by Gasteiger charge is 2.30. The fourth-order valence-electron chi connectivity index (χ4n) is 3.36. The second kappa shape index (κ2) is 6.21. The Morgan fingerprint density at radius 3 is 2.60 bits per heavy atom. The van der Waals surface area contributed by atoms with Crippen molar-refractivity contribution in [2.75, 3.05) is 0 Å². The van der Waals surface area contributed by atoms with Crippen molar-refractivity contribution in [3.63, 3.8) is 0 Å². The molecule has 0 saturated heterocycles. The van der Waals surface area contributed by atoms with Crippen LogP contribution in [0.4, 0.5) is 8.78 Å². The zero-order chi connectivity index (χ0) is 14.8. The molecule has 2 rings (SSSR count). The first-order valence-electron chi connectivity index (χ1n) is 7.62. The van der Waals surface area contributed by atoms with Gasteiger partial charge in [-0.1, -0.05) is 32.8 Å². The Morgan fingerprint density at radius 2 is 1.95 bits per heavy atom. The van der Waals surface area contributed by atoms with Gasteiger partial charge in [-0.05, 0) is 55.2 Å². The second-order valence-electron chi connectivity index (χ2n) is 6.72. The summed E-state index contributed by atoms with van der Waals surface area (Å²) in [5.74, 6) is -0.133. The van der Waals surface area contributed by atoms with Crippen molar-refractivity contribution < 1.29 is 8.78 Å². The monoisotopic (exact) mass is 281 g/mol. The summed E-state index contributed by atoms with van der Waals surface area (Å²) in [5, 5.41) is 0. The van der Waals surface area contributed by atoms with E-state index in [1.807, 2.05) is 0 Å². The quantitative estimate of drug-likeness (QED) is 0.814. The summed E-state index contributed by atoms with van der Waals surface area (Å²) in [6.07, 6.45) is 6.06. The maximum Gasteiger partial charge on any atom is 0.159 e. The largest absolute Gasteiger partial charge is 0.325 e. The molecule has 112 valence electrons. The predicted molar refractivity (Wildman–Crippen MR) is 78.4 cm³/mol. The predicted octanol–water partition coefficient (Wildman–Crippen LogP) is 4.44. The van der Waals surface area contributed by atoms with E-state index in [2.05, 4.69) is 13.8 Å². The Hall–Kier alpha value is -0.960. The van der Waals surface area contributed by atoms with E-state index >= 15 is 0 Å². The van der Waals surface area contributed by atoms with Crippen LogP contribution in [0.25, 0.3) is 0 Å². The molecule has 0 aromatic heterocycles. The van der Waals surface area contributed by atoms with Crippen molar-refractivity contribution in [3.8, 4) is 0 Å². The van der Waals surface area contributed by atoms with Crippen LogP contribution in [0.15, 0.2) is 18.2 Å². The van der Waals surface area contributed by atoms with Gasteiger partial charge in [-0.15, -0.1) is 0 Å². The zero-order valence-corrected chi connectivity index (χ0v) is 12.5. The van der Waals surface area contributed by atoms with Crippen molar-refractivity contribution in [2.24, 2.45) is 17.6 Å². The molecule has 3 heteroatoms. The van der Waals surface area contributed by atoms with E-state index in [0.717, 1.165) is 37.2 Å². The molecule has 1 aromatic rings. The molecule has 0 amide bonds. The average molecular weight is 281 g/mol. The third-order valence-electron chi connectivity index (χ3n) is 4.75. The third kappa shape index (κ3) is 3.78. The van der Waals surface area contributed by atoms with Gasteiger partial charge >= 0.3 is 0 Å². The standard InChI is InChI=1S/C17H25F2N/c1-12(2)14-4-3-8-17(20,9-7-14)11-13-5-6-15(18)16(19)10-13/h5-6,10,12,14H,3-4,7-9,11,20H2,1-2H3. The van der Waals surface area contributed by atoms with Gasteiger partial charge in [0.1, 0.15) is 0 Å². The summed E-state index contributed by atoms with van der Waals surface area (Å²) >= 11 is 0. The van der Waals surface area contributed by atoms with Crippen LogP contribution < -0.4 is 5.73 Å². The SMILES string of the molecule is CC(C)C1CCCC(N)(Cc2ccc(F)c(F)c2)CC1. The van der Waals surface area contributed by atoms with Gasteiger partial charge in [0, 0.05) is 5.54 Å². The molecule has 1 aromatic carbocycles. The van der Waals surface area contributed by atoms with Crippen LogP contribution in [0.1, 0.15) is 51.5 Å². The highest BCUT2D eigenvalue weighted by Crippen LogP contribution is 2.34. The summed E-state index contributed by atoms with van der Waals surface area (Å²) in [6, 6.07) is 4.13. The molecule has 1 nitrogen and oxygen atoms in total. The first-order valence-corrected chi connectivity index (χ1v) is 7.62. The summed E-state index contributed by atoms with van der Waals surface area (Å²) < 4.78 is 26.3. The minimum atomic E-state index is -0.791. The average Bonchev–Trinajstić information content (AvgIpc) is 2.56. The van der Waals surface area contributed by atoms with Gasteiger partial charge in [-0.2, -0.15) is 0 Å². The molecule has 0 bridgehead atoms. The molecule has 2 unspecified atom stereocenters. The van der Waals surface area contributed by atoms with E-state index in [0.29, 0.717) is 12.3 Å². The number of nitrogens with two attached hydrogens (primary N) is 1. The molecular weight excluding hydrogens is 256 g/mol. The van der Waals surface area contributed by atoms with Crippen LogP contribution in [0.3, 0.4) is 0 Å². The molecule has 0 heterocycles. The number of halogens is 2. The maximum atomic E-state index is 13.3. The molecule has 0 aliphatic heterocycles. The Morgan fingerprint density at radius 1 is 1.20 bits per heavy atom. The van der Waals surface area contributed by atoms with E-state index < -0.39 is 11.6 Å². The topological polar surface area (TPSA) is 26.0 Å². The van der Waals surface area contributed by atoms with Gasteiger partial charge < -0.3 is 5.73 Å². The van der Waals surface area contributed by atoms with Crippen LogP contribution in [0, 0.1) is 23.5 Å². The van der Waals surface area contributed by atoms with Crippen LogP contribution in [0.2, 0.25) is 0 Å². The minimum absolute atomic E-state index is 0.270. The Kier molecular flexibility index (Phi) is 4.79. The smallest absolute Gasteiger partial charge is 0.159 e. The fraction of sp³-hybridized carbons (Fsp3) is 0.647. The van der Waals surface area contributed by atoms with Crippen molar-refractivity contribution >= 4 is 0 Å². The molecule has 2 N–H and O–H groups in total. The Bertz CT molecular complexity index is 458. The van der Waals surface area contributed by atoms with Gasteiger partial charge in [-0.25, -0.2) is 8.78 Å². The summed E-state index contributed by atoms with van der Waals surface area (Å²) in [6.45, 7) is 4.53. The second-order valence-corrected chi connectivity index (χ2v) is 6.72. The van der Waals surface area contributed by atoms with Crippen LogP contribution >= 0.6 is 0 Å². The van der Waals surface area contributed by atoms with Crippen molar-refractivity contribution in [2.45, 2.75) is 57.9 Å². The van der Waals surface area contributed by atoms with Crippen LogP contribution in [-0.2, 0) is 6.42 Å². The number of hydrogen-bond donors (Lipinski definition) is 1. The lowest BCUT2D eigenvalue weighted by molar-refractivity contribution is 0.321. The maximum absolute atomic E-state index is 13.3. The molecule has 0 spiro atoms. The third-order valence-corrected chi connectivity index (χ3v) is 4.75. The lowest BCUT2D eigenvalue weighted by atomic mass is 9.83. The number of hydrogen-bond acceptors (Lipinski definition) is 1. The highest BCUT2D eigenvalue weighted by atomic mass is 19.2. The first-order chi connectivity index (χ1) is 9.39. The van der Waals surface area contributed by atoms with Gasteiger partial charge in [0.2, 0.25) is 0 Å². The van der Waals surface area contributed by atoms with E-state index in [1.165, 1.54) is 18.6 Å². The lowest BCUT2D eigenvalue weighted by Crippen LogP contribution is -2.41. The molecule has 1 aliphatic rings. The normalized spacial score (nSPS) is 27.6. The van der Waals surface area contributed by atoms with Gasteiger partial charge in [0.05, 0.1) is 0 Å². The fourth-order valence-corrected chi connectivity index (χ4v) is 3.36. The van der Waals surface area contributed by atoms with Crippen LogP contribution in [-0.4, -0.2) is 5.54 Å². The molecular formula is C17H25F2N. The van der Waals surface area contributed by atoms with E-state index in [9.17, 15) is 8.78 Å². The summed E-state index contributed by atoms with van der Waals surface area (Å²) in [7, 11) is 0. The molecule has 2 atom stereocenters. The summed E-state index contributed by atoms with van der Waals surface area (Å²) in [4.78, 5) is 0. The molecule has 1 fully saturated rings. The molecule has 20 heavy (non-hydrogen) atoms. The summed E-state index contributed by atoms with van der Waals surface area (Å²) in [5.41, 5.74) is 7.06. The lowest BCUT2D eigenvalue weighted by Gasteiger charge is -2.28. The Labute approximate surface area is 120 Å². The van der Waals surface area contributed by atoms with Gasteiger partial charge in [0.15, 0.2) is 11.6 Å². The first kappa shape index (κ1) is 15.4. The van der Waals surface area contributed by atoms with Gasteiger partial charge in [0.25, 0.3) is 0 Å². The van der Waals surface area contributed by atoms with E-state index in [1.54, 1.807) is 6.07 Å². The number of rotatable bonds is 3. The zero-order valence-electron chi connectivity index (χ0n) is 12.5. The molecule has 1 aliphatic carbocycles. The Balaban J connectivity index is 2.05. The highest BCUT2D eigenvalue weighted by molar-refractivity contribution is 5.20. The van der Waals surface area contributed by atoms with E-state index in [-0.39, 0.29) is 5.54 Å². The van der Waals surface area contributed by atoms with Crippen molar-refractivity contribution in [1.29, 1.82) is 0 Å². The number of benzene rings is 1. The van der Waals surface area contributed by atoms with Crippen molar-refractivity contribution in [1.82, 2.24) is 0 Å².